The van der Waals surface area contributed by atoms with Crippen LogP contribution in [0.1, 0.15) is 77.6 Å². The molecule has 0 radical (unpaired) electrons. The maximum atomic E-state index is 13.4. The molecule has 5 amide bonds. The summed E-state index contributed by atoms with van der Waals surface area (Å²) in [4.78, 5) is 64.5. The van der Waals surface area contributed by atoms with E-state index in [-0.39, 0.29) is 54.7 Å². The molecular formula is C40H68N10O8. The van der Waals surface area contributed by atoms with E-state index in [0.29, 0.717) is 89.2 Å². The highest BCUT2D eigenvalue weighted by Gasteiger charge is 2.55. The number of hydrogen-bond donors (Lipinski definition) is 8. The van der Waals surface area contributed by atoms with E-state index in [1.54, 1.807) is 0 Å². The van der Waals surface area contributed by atoms with Gasteiger partial charge in [-0.1, -0.05) is 13.3 Å². The van der Waals surface area contributed by atoms with Gasteiger partial charge in [-0.3, -0.25) is 55.6 Å². The topological polar surface area (TPSA) is 216 Å². The number of likely N-dealkylation sites (tertiary alicyclic amines) is 1. The van der Waals surface area contributed by atoms with E-state index in [4.69, 9.17) is 14.2 Å². The molecule has 5 saturated heterocycles. The van der Waals surface area contributed by atoms with Gasteiger partial charge in [-0.05, 0) is 64.3 Å². The number of imide groups is 2. The first-order valence-electron chi connectivity index (χ1n) is 22.3. The van der Waals surface area contributed by atoms with Crippen LogP contribution < -0.4 is 42.6 Å². The normalized spacial score (nSPS) is 35.6. The Hall–Kier alpha value is -2.65. The Labute approximate surface area is 342 Å². The third-order valence-electron chi connectivity index (χ3n) is 13.4. The van der Waals surface area contributed by atoms with E-state index < -0.39 is 23.8 Å². The van der Waals surface area contributed by atoms with Crippen LogP contribution in [-0.4, -0.2) is 155 Å². The van der Waals surface area contributed by atoms with Crippen molar-refractivity contribution in [2.24, 2.45) is 29.6 Å². The number of ether oxygens (including phenoxy) is 3. The fourth-order valence-electron chi connectivity index (χ4n) is 10.5. The van der Waals surface area contributed by atoms with E-state index in [2.05, 4.69) is 54.6 Å². The van der Waals surface area contributed by atoms with Crippen LogP contribution in [0.5, 0.6) is 0 Å². The molecule has 326 valence electrons. The second-order valence-electron chi connectivity index (χ2n) is 17.2. The van der Waals surface area contributed by atoms with Crippen LogP contribution in [0.2, 0.25) is 0 Å². The summed E-state index contributed by atoms with van der Waals surface area (Å²) in [5, 5.41) is 26.3. The molecule has 0 aromatic heterocycles. The molecule has 2 saturated carbocycles. The Bertz CT molecular complexity index is 1420. The van der Waals surface area contributed by atoms with E-state index in [9.17, 15) is 24.0 Å². The van der Waals surface area contributed by atoms with Crippen molar-refractivity contribution >= 4 is 29.5 Å². The Morgan fingerprint density at radius 1 is 0.845 bits per heavy atom. The zero-order chi connectivity index (χ0) is 40.4. The molecule has 0 aromatic rings. The molecule has 7 aliphatic rings. The largest absolute Gasteiger partial charge is 0.378 e. The van der Waals surface area contributed by atoms with Crippen molar-refractivity contribution in [3.05, 3.63) is 0 Å². The van der Waals surface area contributed by atoms with Crippen molar-refractivity contribution in [1.82, 2.24) is 52.6 Å². The molecule has 7 fully saturated rings. The lowest BCUT2D eigenvalue weighted by molar-refractivity contribution is -0.151. The summed E-state index contributed by atoms with van der Waals surface area (Å²) in [6.07, 6.45) is 8.95. The third kappa shape index (κ3) is 10.8. The van der Waals surface area contributed by atoms with Gasteiger partial charge in [0, 0.05) is 75.0 Å². The molecule has 5 heterocycles. The number of nitrogens with one attached hydrogen (secondary N) is 8. The Kier molecular flexibility index (Phi) is 15.9. The molecule has 18 nitrogen and oxygen atoms in total. The zero-order valence-corrected chi connectivity index (χ0v) is 34.3. The molecule has 0 aromatic carbocycles. The molecule has 7 rings (SSSR count). The minimum atomic E-state index is -0.909. The molecular weight excluding hydrogens is 749 g/mol. The van der Waals surface area contributed by atoms with Crippen LogP contribution in [0.4, 0.5) is 0 Å². The Balaban J connectivity index is 0.685. The van der Waals surface area contributed by atoms with Crippen molar-refractivity contribution in [3.63, 3.8) is 0 Å². The molecule has 0 spiro atoms. The van der Waals surface area contributed by atoms with Gasteiger partial charge in [0.15, 0.2) is 0 Å². The predicted molar refractivity (Wildman–Crippen MR) is 212 cm³/mol. The molecule has 8 N–H and O–H groups in total. The Morgan fingerprint density at radius 3 is 2.36 bits per heavy atom. The number of rotatable bonds is 20. The smallest absolute Gasteiger partial charge is 0.249 e. The summed E-state index contributed by atoms with van der Waals surface area (Å²) in [6.45, 7) is 10.0. The van der Waals surface area contributed by atoms with Gasteiger partial charge in [-0.2, -0.15) is 0 Å². The highest BCUT2D eigenvalue weighted by molar-refractivity contribution is 6.11. The van der Waals surface area contributed by atoms with Gasteiger partial charge in [-0.15, -0.1) is 0 Å². The molecule has 58 heavy (non-hydrogen) atoms. The standard InChI is InChI=1S/C40H68N10O8/c1-2-16-49-24-26(23-44-49)34-29-12-13-42-35(29)48-40(47-34)45-27-8-6-25(7-9-27)36(52)43-15-18-57-20-22-58-21-19-56-17-14-41-30-5-3-4-28-33(30)39(55)50(38(28)54)31-10-11-32(51)46-37(31)53/h25-31,33-35,40-42,44-45,47-48H,2-24H2,1H3,(H,43,52)(H,46,51,53). The van der Waals surface area contributed by atoms with Gasteiger partial charge in [0.2, 0.25) is 29.5 Å². The summed E-state index contributed by atoms with van der Waals surface area (Å²) >= 11 is 0. The number of fused-ring (bicyclic) bond motifs is 2. The average Bonchev–Trinajstić information content (AvgIpc) is 3.96. The van der Waals surface area contributed by atoms with Crippen LogP contribution in [0.25, 0.3) is 0 Å². The van der Waals surface area contributed by atoms with Crippen LogP contribution in [-0.2, 0) is 38.2 Å². The maximum Gasteiger partial charge on any atom is 0.249 e. The highest BCUT2D eigenvalue weighted by atomic mass is 16.5. The van der Waals surface area contributed by atoms with Crippen molar-refractivity contribution < 1.29 is 38.2 Å². The van der Waals surface area contributed by atoms with Crippen molar-refractivity contribution in [2.75, 3.05) is 78.9 Å². The molecule has 5 aliphatic heterocycles. The monoisotopic (exact) mass is 817 g/mol. The fourth-order valence-corrected chi connectivity index (χ4v) is 10.5. The SMILES string of the molecule is CCCN1CC(C2NC(NC3CCC(C(=O)NCCOCCOCCOCCNC4CCCC5C(=O)N(C6CCC(=O)NC6=O)C(=O)C45)CC3)NC3NCCC32)CN1. The van der Waals surface area contributed by atoms with Crippen molar-refractivity contribution in [2.45, 2.75) is 114 Å². The van der Waals surface area contributed by atoms with Crippen LogP contribution in [0.3, 0.4) is 0 Å². The third-order valence-corrected chi connectivity index (χ3v) is 13.4. The summed E-state index contributed by atoms with van der Waals surface area (Å²) < 4.78 is 17.0. The van der Waals surface area contributed by atoms with Crippen molar-refractivity contribution in [3.8, 4) is 0 Å². The first-order valence-corrected chi connectivity index (χ1v) is 22.3. The summed E-state index contributed by atoms with van der Waals surface area (Å²) in [5.41, 5.74) is 3.61. The predicted octanol–water partition coefficient (Wildman–Crippen LogP) is -1.52. The number of carbonyl (C=O) groups is 5. The number of hydrogen-bond acceptors (Lipinski definition) is 15. The zero-order valence-electron chi connectivity index (χ0n) is 34.3. The number of hydrazine groups is 1. The summed E-state index contributed by atoms with van der Waals surface area (Å²) in [7, 11) is 0. The lowest BCUT2D eigenvalue weighted by Crippen LogP contribution is -2.71. The molecule has 18 heteroatoms. The van der Waals surface area contributed by atoms with Gasteiger partial charge >= 0.3 is 0 Å². The first-order chi connectivity index (χ1) is 28.3. The number of piperidine rings is 1. The van der Waals surface area contributed by atoms with E-state index in [1.807, 2.05) is 0 Å². The highest BCUT2D eigenvalue weighted by Crippen LogP contribution is 2.40. The maximum absolute atomic E-state index is 13.4. The van der Waals surface area contributed by atoms with E-state index in [0.717, 1.165) is 76.0 Å². The van der Waals surface area contributed by atoms with Gasteiger partial charge in [0.1, 0.15) is 12.3 Å². The molecule has 9 unspecified atom stereocenters. The van der Waals surface area contributed by atoms with Gasteiger partial charge < -0.3 is 30.2 Å². The van der Waals surface area contributed by atoms with Gasteiger partial charge in [0.25, 0.3) is 0 Å². The van der Waals surface area contributed by atoms with Gasteiger partial charge in [0.05, 0.1) is 57.6 Å². The molecule has 0 bridgehead atoms. The minimum Gasteiger partial charge on any atom is -0.378 e. The van der Waals surface area contributed by atoms with Crippen molar-refractivity contribution in [1.29, 1.82) is 0 Å². The quantitative estimate of drug-likeness (QED) is 0.0518. The van der Waals surface area contributed by atoms with Crippen LogP contribution >= 0.6 is 0 Å². The van der Waals surface area contributed by atoms with Crippen LogP contribution in [0, 0.1) is 29.6 Å². The van der Waals surface area contributed by atoms with Crippen LogP contribution in [0.15, 0.2) is 0 Å². The van der Waals surface area contributed by atoms with E-state index >= 15 is 0 Å². The second-order valence-corrected chi connectivity index (χ2v) is 17.2. The lowest BCUT2D eigenvalue weighted by Gasteiger charge is -2.45. The minimum absolute atomic E-state index is 0.0379. The number of carbonyl (C=O) groups excluding carboxylic acids is 5. The Morgan fingerprint density at radius 2 is 1.60 bits per heavy atom. The van der Waals surface area contributed by atoms with E-state index in [1.165, 1.54) is 6.42 Å². The fraction of sp³-hybridized carbons (Fsp3) is 0.875. The molecule has 2 aliphatic carbocycles. The average molecular weight is 817 g/mol. The number of amides is 5. The second kappa shape index (κ2) is 21.2. The van der Waals surface area contributed by atoms with Gasteiger partial charge in [-0.25, -0.2) is 5.01 Å². The number of nitrogens with zero attached hydrogens (tertiary/aromatic N) is 2. The summed E-state index contributed by atoms with van der Waals surface area (Å²) in [5.74, 6) is -1.17. The molecule has 9 atom stereocenters. The first kappa shape index (κ1) is 43.4. The lowest BCUT2D eigenvalue weighted by atomic mass is 9.77. The summed E-state index contributed by atoms with van der Waals surface area (Å²) in [6, 6.07) is -0.244.